The van der Waals surface area contributed by atoms with Crippen molar-refractivity contribution in [3.05, 3.63) is 77.3 Å². The second kappa shape index (κ2) is 9.32. The molecule has 174 valence electrons. The van der Waals surface area contributed by atoms with Gasteiger partial charge in [0.25, 0.3) is 0 Å². The van der Waals surface area contributed by atoms with Crippen molar-refractivity contribution in [2.45, 2.75) is 4.90 Å². The summed E-state index contributed by atoms with van der Waals surface area (Å²) in [4.78, 5) is 2.22. The Balaban J connectivity index is 1.32. The minimum Gasteiger partial charge on any atom is -0.495 e. The number of fused-ring (bicyclic) bond motifs is 1. The maximum atomic E-state index is 13.2. The van der Waals surface area contributed by atoms with Crippen LogP contribution in [0.5, 0.6) is 5.75 Å². The monoisotopic (exact) mass is 538 g/mol. The first-order chi connectivity index (χ1) is 16.5. The van der Waals surface area contributed by atoms with Crippen molar-refractivity contribution in [1.82, 2.24) is 14.5 Å². The van der Waals surface area contributed by atoms with E-state index in [1.165, 1.54) is 11.4 Å². The topological polar surface area (TPSA) is 75.6 Å². The van der Waals surface area contributed by atoms with E-state index in [1.54, 1.807) is 18.2 Å². The fraction of sp³-hybridized carbons (Fsp3) is 0.200. The molecule has 0 saturated carbocycles. The van der Waals surface area contributed by atoms with Gasteiger partial charge in [0.1, 0.15) is 10.6 Å². The molecular weight excluding hydrogens is 516 g/mol. The summed E-state index contributed by atoms with van der Waals surface area (Å²) in [5.41, 5.74) is 1.85. The van der Waals surface area contributed by atoms with Crippen molar-refractivity contribution in [1.29, 1.82) is 0 Å². The summed E-state index contributed by atoms with van der Waals surface area (Å²) in [7, 11) is -2.21. The van der Waals surface area contributed by atoms with Crippen LogP contribution < -0.4 is 9.64 Å². The van der Waals surface area contributed by atoms with Gasteiger partial charge >= 0.3 is 0 Å². The molecule has 0 bridgehead atoms. The summed E-state index contributed by atoms with van der Waals surface area (Å²) < 4.78 is 34.0. The van der Waals surface area contributed by atoms with Crippen molar-refractivity contribution < 1.29 is 13.2 Å². The largest absolute Gasteiger partial charge is 0.495 e. The predicted octanol–water partition coefficient (Wildman–Crippen LogP) is 4.58. The van der Waals surface area contributed by atoms with Crippen LogP contribution in [0.1, 0.15) is 0 Å². The molecule has 0 spiro atoms. The molecule has 0 atom stereocenters. The highest BCUT2D eigenvalue weighted by molar-refractivity contribution is 9.10. The number of methoxy groups -OCH3 is 1. The second-order valence-corrected chi connectivity index (χ2v) is 10.8. The molecular formula is C25H23BrN4O3S. The summed E-state index contributed by atoms with van der Waals surface area (Å²) in [5.74, 6) is 1.07. The Morgan fingerprint density at radius 3 is 2.38 bits per heavy atom. The number of halogens is 1. The fourth-order valence-corrected chi connectivity index (χ4v) is 6.35. The van der Waals surface area contributed by atoms with E-state index in [0.29, 0.717) is 36.4 Å². The summed E-state index contributed by atoms with van der Waals surface area (Å²) in [6.07, 6.45) is 0. The van der Waals surface area contributed by atoms with Crippen LogP contribution in [0.3, 0.4) is 0 Å². The minimum atomic E-state index is -3.68. The molecule has 7 nitrogen and oxygen atoms in total. The highest BCUT2D eigenvalue weighted by Crippen LogP contribution is 2.31. The average molecular weight is 539 g/mol. The van der Waals surface area contributed by atoms with Gasteiger partial charge in [0.2, 0.25) is 10.0 Å². The Morgan fingerprint density at radius 1 is 0.882 bits per heavy atom. The van der Waals surface area contributed by atoms with Crippen LogP contribution in [0.4, 0.5) is 5.82 Å². The molecule has 3 aromatic carbocycles. The van der Waals surface area contributed by atoms with Crippen LogP contribution in [0.2, 0.25) is 0 Å². The fourth-order valence-electron chi connectivity index (χ4n) is 4.24. The van der Waals surface area contributed by atoms with E-state index in [2.05, 4.69) is 49.2 Å². The number of hydrogen-bond acceptors (Lipinski definition) is 6. The number of aromatic nitrogens is 2. The Morgan fingerprint density at radius 2 is 1.65 bits per heavy atom. The van der Waals surface area contributed by atoms with Gasteiger partial charge in [-0.15, -0.1) is 10.2 Å². The summed E-state index contributed by atoms with van der Waals surface area (Å²) in [6.45, 7) is 1.76. The van der Waals surface area contributed by atoms with E-state index in [-0.39, 0.29) is 4.90 Å². The van der Waals surface area contributed by atoms with E-state index >= 15 is 0 Å². The van der Waals surface area contributed by atoms with Gasteiger partial charge in [-0.05, 0) is 41.1 Å². The number of ether oxygens (including phenoxy) is 1. The number of piperazine rings is 1. The Kier molecular flexibility index (Phi) is 6.24. The molecule has 1 aromatic heterocycles. The smallest absolute Gasteiger partial charge is 0.246 e. The first-order valence-electron chi connectivity index (χ1n) is 10.9. The third-order valence-corrected chi connectivity index (χ3v) is 8.44. The van der Waals surface area contributed by atoms with E-state index in [1.807, 2.05) is 36.4 Å². The van der Waals surface area contributed by atoms with E-state index < -0.39 is 10.0 Å². The van der Waals surface area contributed by atoms with Crippen LogP contribution in [0, 0.1) is 0 Å². The third-order valence-electron chi connectivity index (χ3n) is 6.02. The quantitative estimate of drug-likeness (QED) is 0.370. The zero-order chi connectivity index (χ0) is 23.7. The maximum Gasteiger partial charge on any atom is 0.246 e. The third kappa shape index (κ3) is 4.26. The SMILES string of the molecule is COc1ccc(Br)cc1S(=O)(=O)N1CCN(c2ccc(-c3cccc4ccccc34)nn2)CC1. The maximum absolute atomic E-state index is 13.2. The Hall–Kier alpha value is -3.01. The van der Waals surface area contributed by atoms with Crippen molar-refractivity contribution in [3.63, 3.8) is 0 Å². The lowest BCUT2D eigenvalue weighted by atomic mass is 10.0. The van der Waals surface area contributed by atoms with Crippen molar-refractivity contribution in [2.24, 2.45) is 0 Å². The molecule has 1 fully saturated rings. The Bertz CT molecular complexity index is 1430. The molecule has 0 aliphatic carbocycles. The molecule has 9 heteroatoms. The Labute approximate surface area is 207 Å². The molecule has 2 heterocycles. The molecule has 0 N–H and O–H groups in total. The number of rotatable bonds is 5. The number of sulfonamides is 1. The van der Waals surface area contributed by atoms with Gasteiger partial charge in [0.15, 0.2) is 5.82 Å². The van der Waals surface area contributed by atoms with Crippen molar-refractivity contribution in [3.8, 4) is 17.0 Å². The normalized spacial score (nSPS) is 14.9. The second-order valence-electron chi connectivity index (χ2n) is 7.99. The van der Waals surface area contributed by atoms with Gasteiger partial charge in [-0.25, -0.2) is 8.42 Å². The van der Waals surface area contributed by atoms with Gasteiger partial charge in [-0.2, -0.15) is 4.31 Å². The molecule has 0 unspecified atom stereocenters. The van der Waals surface area contributed by atoms with Crippen LogP contribution >= 0.6 is 15.9 Å². The highest BCUT2D eigenvalue weighted by atomic mass is 79.9. The van der Waals surface area contributed by atoms with Crippen LogP contribution in [0.15, 0.2) is 82.2 Å². The zero-order valence-corrected chi connectivity index (χ0v) is 21.0. The first-order valence-corrected chi connectivity index (χ1v) is 13.1. The summed E-state index contributed by atoms with van der Waals surface area (Å²) in [5, 5.41) is 11.2. The van der Waals surface area contributed by atoms with Crippen LogP contribution in [-0.2, 0) is 10.0 Å². The number of nitrogens with zero attached hydrogens (tertiary/aromatic N) is 4. The van der Waals surface area contributed by atoms with Crippen molar-refractivity contribution in [2.75, 3.05) is 38.2 Å². The molecule has 4 aromatic rings. The summed E-state index contributed by atoms with van der Waals surface area (Å²) in [6, 6.07) is 23.3. The molecule has 1 saturated heterocycles. The van der Waals surface area contributed by atoms with Gasteiger partial charge in [-0.1, -0.05) is 58.4 Å². The summed E-state index contributed by atoms with van der Waals surface area (Å²) >= 11 is 3.36. The average Bonchev–Trinajstić information content (AvgIpc) is 2.88. The standard InChI is InChI=1S/C25H23BrN4O3S/c1-33-23-11-9-19(26)17-24(23)34(31,32)30-15-13-29(14-16-30)25-12-10-22(27-28-25)21-8-4-6-18-5-2-3-7-20(18)21/h2-12,17H,13-16H2,1H3. The van der Waals surface area contributed by atoms with Gasteiger partial charge in [0, 0.05) is 36.2 Å². The predicted molar refractivity (Wildman–Crippen MR) is 137 cm³/mol. The van der Waals surface area contributed by atoms with Crippen molar-refractivity contribution >= 4 is 42.5 Å². The lowest BCUT2D eigenvalue weighted by molar-refractivity contribution is 0.373. The highest BCUT2D eigenvalue weighted by Gasteiger charge is 2.31. The molecule has 0 amide bonds. The van der Waals surface area contributed by atoms with Gasteiger partial charge in [-0.3, -0.25) is 0 Å². The van der Waals surface area contributed by atoms with E-state index in [9.17, 15) is 8.42 Å². The van der Waals surface area contributed by atoms with Crippen LogP contribution in [-0.4, -0.2) is 56.2 Å². The van der Waals surface area contributed by atoms with E-state index in [4.69, 9.17) is 4.74 Å². The zero-order valence-electron chi connectivity index (χ0n) is 18.6. The number of anilines is 1. The number of hydrogen-bond donors (Lipinski definition) is 0. The lowest BCUT2D eigenvalue weighted by Gasteiger charge is -2.34. The molecule has 0 radical (unpaired) electrons. The number of benzene rings is 3. The first kappa shape index (κ1) is 22.8. The lowest BCUT2D eigenvalue weighted by Crippen LogP contribution is -2.49. The molecule has 34 heavy (non-hydrogen) atoms. The molecule has 1 aliphatic rings. The van der Waals surface area contributed by atoms with Crippen LogP contribution in [0.25, 0.3) is 22.0 Å². The minimum absolute atomic E-state index is 0.164. The van der Waals surface area contributed by atoms with E-state index in [0.717, 1.165) is 27.8 Å². The molecule has 5 rings (SSSR count). The van der Waals surface area contributed by atoms with Gasteiger partial charge < -0.3 is 9.64 Å². The van der Waals surface area contributed by atoms with Gasteiger partial charge in [0.05, 0.1) is 12.8 Å². The molecule has 1 aliphatic heterocycles.